The number of nitrogens with zero attached hydrogens (tertiary/aromatic N) is 3. The van der Waals surface area contributed by atoms with Crippen molar-refractivity contribution in [2.24, 2.45) is 0 Å². The van der Waals surface area contributed by atoms with Crippen molar-refractivity contribution in [3.8, 4) is 6.07 Å². The van der Waals surface area contributed by atoms with Crippen molar-refractivity contribution in [2.45, 2.75) is 25.9 Å². The molecule has 142 valence electrons. The Hall–Kier alpha value is -2.20. The lowest BCUT2D eigenvalue weighted by Crippen LogP contribution is -2.48. The number of nitriles is 1. The van der Waals surface area contributed by atoms with Gasteiger partial charge in [0.2, 0.25) is 0 Å². The summed E-state index contributed by atoms with van der Waals surface area (Å²) in [4.78, 5) is 7.60. The molecule has 2 aromatic rings. The van der Waals surface area contributed by atoms with Gasteiger partial charge in [0, 0.05) is 36.9 Å². The van der Waals surface area contributed by atoms with Gasteiger partial charge in [-0.25, -0.2) is 8.78 Å². The first-order valence-electron chi connectivity index (χ1n) is 8.80. The molecule has 1 saturated heterocycles. The van der Waals surface area contributed by atoms with Crippen LogP contribution >= 0.6 is 11.6 Å². The van der Waals surface area contributed by atoms with Crippen LogP contribution in [0, 0.1) is 23.0 Å². The normalized spacial score (nSPS) is 17.5. The summed E-state index contributed by atoms with van der Waals surface area (Å²) >= 11 is 6.21. The van der Waals surface area contributed by atoms with Gasteiger partial charge in [-0.2, -0.15) is 10.3 Å². The van der Waals surface area contributed by atoms with E-state index in [1.807, 2.05) is 23.0 Å². The number of hydrogen-bond acceptors (Lipinski definition) is 4. The molecule has 4 nitrogen and oxygen atoms in total. The molecule has 27 heavy (non-hydrogen) atoms. The summed E-state index contributed by atoms with van der Waals surface area (Å²) in [6.07, 6.45) is 0.741. The third-order valence-electron chi connectivity index (χ3n) is 4.71. The number of benzene rings is 2. The van der Waals surface area contributed by atoms with E-state index in [0.717, 1.165) is 24.7 Å². The van der Waals surface area contributed by atoms with Crippen LogP contribution in [-0.4, -0.2) is 30.8 Å². The van der Waals surface area contributed by atoms with E-state index >= 15 is 0 Å². The van der Waals surface area contributed by atoms with Gasteiger partial charge >= 0.3 is 0 Å². The summed E-state index contributed by atoms with van der Waals surface area (Å²) in [5, 5.41) is 11.3. The minimum Gasteiger partial charge on any atom is -0.363 e. The van der Waals surface area contributed by atoms with Crippen molar-refractivity contribution in [1.82, 2.24) is 5.06 Å². The third-order valence-corrected chi connectivity index (χ3v) is 5.02. The maximum Gasteiger partial charge on any atom is 0.163 e. The second kappa shape index (κ2) is 8.66. The second-order valence-corrected chi connectivity index (χ2v) is 6.78. The van der Waals surface area contributed by atoms with E-state index in [1.54, 1.807) is 24.3 Å². The molecule has 1 heterocycles. The van der Waals surface area contributed by atoms with E-state index < -0.39 is 11.6 Å². The number of anilines is 1. The molecule has 1 fully saturated rings. The van der Waals surface area contributed by atoms with Gasteiger partial charge in [0.15, 0.2) is 11.6 Å². The Morgan fingerprint density at radius 2 is 2.15 bits per heavy atom. The molecule has 3 rings (SSSR count). The van der Waals surface area contributed by atoms with Crippen LogP contribution in [0.5, 0.6) is 0 Å². The summed E-state index contributed by atoms with van der Waals surface area (Å²) in [7, 11) is 0. The number of rotatable bonds is 5. The molecule has 0 amide bonds. The molecule has 1 aliphatic rings. The Morgan fingerprint density at radius 1 is 1.33 bits per heavy atom. The van der Waals surface area contributed by atoms with E-state index in [9.17, 15) is 8.78 Å². The summed E-state index contributed by atoms with van der Waals surface area (Å²) in [5.74, 6) is -1.71. The van der Waals surface area contributed by atoms with Gasteiger partial charge in [-0.15, -0.1) is 0 Å². The summed E-state index contributed by atoms with van der Waals surface area (Å²) in [5.41, 5.74) is 1.40. The van der Waals surface area contributed by atoms with Crippen molar-refractivity contribution in [1.29, 1.82) is 5.26 Å². The molecular weight excluding hydrogens is 372 g/mol. The minimum absolute atomic E-state index is 0.0327. The molecular formula is C20H20ClF2N3O. The fourth-order valence-electron chi connectivity index (χ4n) is 3.23. The van der Waals surface area contributed by atoms with Gasteiger partial charge in [-0.1, -0.05) is 30.7 Å². The standard InChI is InChI=1S/C20H20ClF2N3O/c1-2-25-13-17(8-9-27-25)26(12-15-4-3-5-19(22)20(15)23)16-7-6-14(11-24)18(21)10-16/h3-7,10,17H,2,8-9,12-13H2,1H3/t17-/m0/s1. The highest BCUT2D eigenvalue weighted by molar-refractivity contribution is 6.32. The molecule has 7 heteroatoms. The highest BCUT2D eigenvalue weighted by Gasteiger charge is 2.27. The molecule has 0 spiro atoms. The first kappa shape index (κ1) is 19.6. The van der Waals surface area contributed by atoms with Gasteiger partial charge in [-0.3, -0.25) is 4.84 Å². The van der Waals surface area contributed by atoms with E-state index in [4.69, 9.17) is 21.7 Å². The van der Waals surface area contributed by atoms with Crippen LogP contribution in [0.3, 0.4) is 0 Å². The van der Waals surface area contributed by atoms with Crippen molar-refractivity contribution in [3.63, 3.8) is 0 Å². The molecule has 0 bridgehead atoms. The Labute approximate surface area is 162 Å². The highest BCUT2D eigenvalue weighted by Crippen LogP contribution is 2.29. The average Bonchev–Trinajstić information content (AvgIpc) is 2.69. The minimum atomic E-state index is -0.868. The van der Waals surface area contributed by atoms with Gasteiger partial charge in [0.25, 0.3) is 0 Å². The molecule has 1 aliphatic heterocycles. The first-order chi connectivity index (χ1) is 13.0. The van der Waals surface area contributed by atoms with Crippen LogP contribution in [0.4, 0.5) is 14.5 Å². The lowest BCUT2D eigenvalue weighted by Gasteiger charge is -2.40. The molecule has 0 aliphatic carbocycles. The van der Waals surface area contributed by atoms with Crippen LogP contribution in [0.25, 0.3) is 0 Å². The number of likely N-dealkylation sites (N-methyl/N-ethyl adjacent to an activating group) is 1. The average molecular weight is 392 g/mol. The van der Waals surface area contributed by atoms with Gasteiger partial charge in [0.1, 0.15) is 6.07 Å². The third kappa shape index (κ3) is 4.38. The van der Waals surface area contributed by atoms with Gasteiger partial charge < -0.3 is 4.90 Å². The van der Waals surface area contributed by atoms with E-state index in [2.05, 4.69) is 0 Å². The van der Waals surface area contributed by atoms with Crippen molar-refractivity contribution >= 4 is 17.3 Å². The Morgan fingerprint density at radius 3 is 2.85 bits per heavy atom. The van der Waals surface area contributed by atoms with Crippen LogP contribution in [-0.2, 0) is 11.4 Å². The summed E-state index contributed by atoms with van der Waals surface area (Å²) in [6, 6.07) is 11.4. The zero-order chi connectivity index (χ0) is 19.4. The molecule has 0 unspecified atom stereocenters. The van der Waals surface area contributed by atoms with Crippen molar-refractivity contribution in [3.05, 3.63) is 64.2 Å². The van der Waals surface area contributed by atoms with Crippen LogP contribution < -0.4 is 4.90 Å². The number of halogens is 3. The van der Waals surface area contributed by atoms with E-state index in [1.165, 1.54) is 6.07 Å². The maximum atomic E-state index is 14.3. The topological polar surface area (TPSA) is 39.5 Å². The van der Waals surface area contributed by atoms with Crippen LogP contribution in [0.2, 0.25) is 5.02 Å². The maximum absolute atomic E-state index is 14.3. The highest BCUT2D eigenvalue weighted by atomic mass is 35.5. The number of hydrogen-bond donors (Lipinski definition) is 0. The van der Waals surface area contributed by atoms with Crippen molar-refractivity contribution < 1.29 is 13.6 Å². The monoisotopic (exact) mass is 391 g/mol. The lowest BCUT2D eigenvalue weighted by atomic mass is 10.1. The predicted molar refractivity (Wildman–Crippen MR) is 100 cm³/mol. The lowest BCUT2D eigenvalue weighted by molar-refractivity contribution is -0.182. The summed E-state index contributed by atoms with van der Waals surface area (Å²) in [6.45, 7) is 4.09. The second-order valence-electron chi connectivity index (χ2n) is 6.37. The summed E-state index contributed by atoms with van der Waals surface area (Å²) < 4.78 is 28.0. The van der Waals surface area contributed by atoms with Crippen molar-refractivity contribution in [2.75, 3.05) is 24.6 Å². The molecule has 1 atom stereocenters. The van der Waals surface area contributed by atoms with Gasteiger partial charge in [0.05, 0.1) is 17.2 Å². The Kier molecular flexibility index (Phi) is 6.27. The molecule has 0 aromatic heterocycles. The molecule has 0 N–H and O–H groups in total. The smallest absolute Gasteiger partial charge is 0.163 e. The number of hydroxylamine groups is 2. The fraction of sp³-hybridized carbons (Fsp3) is 0.350. The largest absolute Gasteiger partial charge is 0.363 e. The van der Waals surface area contributed by atoms with Gasteiger partial charge in [-0.05, 0) is 30.7 Å². The molecule has 2 aromatic carbocycles. The van der Waals surface area contributed by atoms with E-state index in [0.29, 0.717) is 23.7 Å². The van der Waals surface area contributed by atoms with Crippen LogP contribution in [0.1, 0.15) is 24.5 Å². The predicted octanol–water partition coefficient (Wildman–Crippen LogP) is 4.52. The fourth-order valence-corrected chi connectivity index (χ4v) is 3.45. The SMILES string of the molecule is CCN1C[C@@H](N(Cc2cccc(F)c2F)c2ccc(C#N)c(Cl)c2)CCO1. The molecule has 0 radical (unpaired) electrons. The first-order valence-corrected chi connectivity index (χ1v) is 9.18. The Balaban J connectivity index is 1.97. The van der Waals surface area contributed by atoms with Crippen LogP contribution in [0.15, 0.2) is 36.4 Å². The quantitative estimate of drug-likeness (QED) is 0.751. The zero-order valence-electron chi connectivity index (χ0n) is 15.0. The molecule has 0 saturated carbocycles. The Bertz CT molecular complexity index is 856. The van der Waals surface area contributed by atoms with E-state index in [-0.39, 0.29) is 18.2 Å². The zero-order valence-corrected chi connectivity index (χ0v) is 15.7.